The largest absolute Gasteiger partial charge is 0.507 e. The van der Waals surface area contributed by atoms with Crippen LogP contribution in [0.25, 0.3) is 61.3 Å². The van der Waals surface area contributed by atoms with E-state index in [-0.39, 0.29) is 22.0 Å². The van der Waals surface area contributed by atoms with Crippen molar-refractivity contribution in [2.75, 3.05) is 0 Å². The van der Waals surface area contributed by atoms with E-state index in [1.807, 2.05) is 36.5 Å². The van der Waals surface area contributed by atoms with E-state index >= 15 is 0 Å². The van der Waals surface area contributed by atoms with Crippen molar-refractivity contribution in [2.45, 2.75) is 78.6 Å². The van der Waals surface area contributed by atoms with Gasteiger partial charge < -0.3 is 5.11 Å². The minimum Gasteiger partial charge on any atom is -0.507 e. The fraction of sp³-hybridized carbons (Fsp3) is 0.261. The van der Waals surface area contributed by atoms with E-state index < -0.39 is 0 Å². The summed E-state index contributed by atoms with van der Waals surface area (Å²) in [7, 11) is 0. The van der Waals surface area contributed by atoms with E-state index in [0.29, 0.717) is 5.56 Å². The molecular formula is C46H47N3O. The number of aromatic hydroxyl groups is 1. The molecule has 0 bridgehead atoms. The molecule has 0 saturated carbocycles. The van der Waals surface area contributed by atoms with Gasteiger partial charge in [0, 0.05) is 28.1 Å². The molecule has 252 valence electrons. The van der Waals surface area contributed by atoms with Crippen molar-refractivity contribution in [2.24, 2.45) is 0 Å². The van der Waals surface area contributed by atoms with Gasteiger partial charge in [-0.05, 0) is 98.7 Å². The first-order chi connectivity index (χ1) is 23.6. The van der Waals surface area contributed by atoms with Crippen molar-refractivity contribution in [3.8, 4) is 45.2 Å². The minimum absolute atomic E-state index is 0.0223. The van der Waals surface area contributed by atoms with Gasteiger partial charge in [-0.3, -0.25) is 4.57 Å². The summed E-state index contributed by atoms with van der Waals surface area (Å²) in [6.07, 6.45) is 1.85. The number of phenols is 1. The van der Waals surface area contributed by atoms with Gasteiger partial charge in [-0.15, -0.1) is 0 Å². The molecule has 7 rings (SSSR count). The fourth-order valence-corrected chi connectivity index (χ4v) is 6.71. The molecule has 0 radical (unpaired) electrons. The summed E-state index contributed by atoms with van der Waals surface area (Å²) in [6, 6.07) is 38.3. The zero-order valence-electron chi connectivity index (χ0n) is 30.8. The molecule has 0 atom stereocenters. The van der Waals surface area contributed by atoms with Crippen LogP contribution in [0.4, 0.5) is 0 Å². The molecule has 3 aromatic heterocycles. The van der Waals surface area contributed by atoms with Gasteiger partial charge in [-0.1, -0.05) is 117 Å². The predicted molar refractivity (Wildman–Crippen MR) is 210 cm³/mol. The maximum atomic E-state index is 11.0. The summed E-state index contributed by atoms with van der Waals surface area (Å²) in [5, 5.41) is 13.4. The normalized spacial score (nSPS) is 12.6. The third kappa shape index (κ3) is 6.20. The van der Waals surface area contributed by atoms with E-state index in [9.17, 15) is 5.11 Å². The molecule has 4 aromatic carbocycles. The second-order valence-corrected chi connectivity index (χ2v) is 16.7. The van der Waals surface area contributed by atoms with Crippen molar-refractivity contribution < 1.29 is 5.11 Å². The van der Waals surface area contributed by atoms with Gasteiger partial charge in [0.15, 0.2) is 0 Å². The van der Waals surface area contributed by atoms with E-state index in [2.05, 4.69) is 140 Å². The molecule has 0 spiro atoms. The van der Waals surface area contributed by atoms with E-state index in [4.69, 9.17) is 9.97 Å². The van der Waals surface area contributed by atoms with Crippen LogP contribution in [-0.2, 0) is 16.2 Å². The number of hydrogen-bond acceptors (Lipinski definition) is 3. The van der Waals surface area contributed by atoms with Gasteiger partial charge in [-0.2, -0.15) is 0 Å². The van der Waals surface area contributed by atoms with Crippen LogP contribution in [0.3, 0.4) is 0 Å². The van der Waals surface area contributed by atoms with Crippen molar-refractivity contribution in [3.63, 3.8) is 0 Å². The van der Waals surface area contributed by atoms with Crippen LogP contribution in [0.2, 0.25) is 0 Å². The van der Waals surface area contributed by atoms with E-state index in [1.54, 1.807) is 6.07 Å². The Morgan fingerprint density at radius 3 is 1.78 bits per heavy atom. The number of para-hydroxylation sites is 1. The Hall–Kier alpha value is -5.22. The number of fused-ring (bicyclic) bond motifs is 3. The first kappa shape index (κ1) is 33.3. The zero-order valence-corrected chi connectivity index (χ0v) is 30.8. The van der Waals surface area contributed by atoms with Gasteiger partial charge in [0.2, 0.25) is 0 Å². The molecule has 7 aromatic rings. The third-order valence-electron chi connectivity index (χ3n) is 9.81. The topological polar surface area (TPSA) is 50.9 Å². The quantitative estimate of drug-likeness (QED) is 0.205. The smallest absolute Gasteiger partial charge is 0.137 e. The lowest BCUT2D eigenvalue weighted by molar-refractivity contribution is 0.477. The molecule has 0 saturated heterocycles. The highest BCUT2D eigenvalue weighted by molar-refractivity contribution is 6.10. The summed E-state index contributed by atoms with van der Waals surface area (Å²) in [5.74, 6) is 1.08. The summed E-state index contributed by atoms with van der Waals surface area (Å²) < 4.78 is 2.26. The summed E-state index contributed by atoms with van der Waals surface area (Å²) in [4.78, 5) is 10.0. The van der Waals surface area contributed by atoms with Crippen molar-refractivity contribution >= 4 is 21.8 Å². The Bertz CT molecular complexity index is 2350. The molecule has 0 aliphatic carbocycles. The maximum absolute atomic E-state index is 11.0. The number of nitrogens with zero attached hydrogens (tertiary/aromatic N) is 3. The van der Waals surface area contributed by atoms with Crippen molar-refractivity contribution in [3.05, 3.63) is 132 Å². The molecule has 0 aliphatic rings. The number of aromatic nitrogens is 3. The summed E-state index contributed by atoms with van der Waals surface area (Å²) in [5.41, 5.74) is 11.5. The Kier molecular flexibility index (Phi) is 7.98. The molecule has 3 heterocycles. The van der Waals surface area contributed by atoms with Crippen LogP contribution < -0.4 is 0 Å². The first-order valence-electron chi connectivity index (χ1n) is 17.6. The second-order valence-electron chi connectivity index (χ2n) is 16.7. The monoisotopic (exact) mass is 657 g/mol. The second kappa shape index (κ2) is 12.0. The van der Waals surface area contributed by atoms with Crippen LogP contribution >= 0.6 is 0 Å². The molecular weight excluding hydrogens is 611 g/mol. The lowest BCUT2D eigenvalue weighted by Gasteiger charge is -2.26. The number of hydrogen-bond donors (Lipinski definition) is 1. The highest BCUT2D eigenvalue weighted by Gasteiger charge is 2.23. The molecule has 0 aliphatic heterocycles. The van der Waals surface area contributed by atoms with Gasteiger partial charge in [-0.25, -0.2) is 9.97 Å². The zero-order chi connectivity index (χ0) is 35.6. The third-order valence-corrected chi connectivity index (χ3v) is 9.81. The van der Waals surface area contributed by atoms with Gasteiger partial charge >= 0.3 is 0 Å². The van der Waals surface area contributed by atoms with Gasteiger partial charge in [0.25, 0.3) is 0 Å². The lowest BCUT2D eigenvalue weighted by Crippen LogP contribution is -2.16. The number of rotatable bonds is 4. The SMILES string of the molecule is CC(C)(C)c1cc(-c2cc(-c3ccc4c5cc(C(C)(C)C)ccc5n(-c5ccccn5)c4c3)nc(-c3ccccc3O)c2)cc(C(C)(C)C)c1. The Labute approximate surface area is 296 Å². The van der Waals surface area contributed by atoms with Crippen LogP contribution in [0.1, 0.15) is 79.0 Å². The average Bonchev–Trinajstić information content (AvgIpc) is 3.40. The molecule has 4 heteroatoms. The Morgan fingerprint density at radius 2 is 1.14 bits per heavy atom. The number of pyridine rings is 2. The highest BCUT2D eigenvalue weighted by Crippen LogP contribution is 2.40. The number of phenolic OH excluding ortho intramolecular Hbond substituents is 1. The van der Waals surface area contributed by atoms with Gasteiger partial charge in [0.1, 0.15) is 11.6 Å². The van der Waals surface area contributed by atoms with Crippen LogP contribution in [0.15, 0.2) is 115 Å². The molecule has 0 unspecified atom stereocenters. The predicted octanol–water partition coefficient (Wildman–Crippen LogP) is 12.2. The standard InChI is InChI=1S/C46H47N3O/c1-44(2,3)32-18-20-40-37(28-32)35-19-17-29(26-41(35)49(40)43-16-12-13-21-47-43)38-24-31(25-39(48-38)36-14-10-11-15-42(36)50)30-22-33(45(4,5)6)27-34(23-30)46(7,8)9/h10-28,50H,1-9H3. The summed E-state index contributed by atoms with van der Waals surface area (Å²) >= 11 is 0. The van der Waals surface area contributed by atoms with Crippen LogP contribution in [0.5, 0.6) is 5.75 Å². The van der Waals surface area contributed by atoms with Gasteiger partial charge in [0.05, 0.1) is 22.4 Å². The first-order valence-corrected chi connectivity index (χ1v) is 17.6. The fourth-order valence-electron chi connectivity index (χ4n) is 6.71. The average molecular weight is 658 g/mol. The lowest BCUT2D eigenvalue weighted by atomic mass is 9.79. The van der Waals surface area contributed by atoms with E-state index in [1.165, 1.54) is 27.5 Å². The molecule has 4 nitrogen and oxygen atoms in total. The molecule has 50 heavy (non-hydrogen) atoms. The number of benzene rings is 4. The van der Waals surface area contributed by atoms with Crippen LogP contribution in [-0.4, -0.2) is 19.6 Å². The Morgan fingerprint density at radius 1 is 0.500 bits per heavy atom. The van der Waals surface area contributed by atoms with Crippen molar-refractivity contribution in [1.29, 1.82) is 0 Å². The molecule has 1 N–H and O–H groups in total. The highest BCUT2D eigenvalue weighted by atomic mass is 16.3. The molecule has 0 fully saturated rings. The minimum atomic E-state index is -0.0246. The summed E-state index contributed by atoms with van der Waals surface area (Å²) in [6.45, 7) is 20.4. The molecule has 0 amide bonds. The maximum Gasteiger partial charge on any atom is 0.137 e. The Balaban J connectivity index is 1.51. The van der Waals surface area contributed by atoms with Crippen molar-refractivity contribution in [1.82, 2.24) is 14.5 Å². The van der Waals surface area contributed by atoms with Crippen LogP contribution in [0, 0.1) is 0 Å². The van der Waals surface area contributed by atoms with E-state index in [0.717, 1.165) is 44.9 Å².